The fourth-order valence-corrected chi connectivity index (χ4v) is 3.26. The van der Waals surface area contributed by atoms with Gasteiger partial charge in [0.1, 0.15) is 12.3 Å². The summed E-state index contributed by atoms with van der Waals surface area (Å²) in [5, 5.41) is 1.66. The molecule has 0 spiro atoms. The molecule has 0 fully saturated rings. The van der Waals surface area contributed by atoms with Crippen molar-refractivity contribution in [3.05, 3.63) is 88.5 Å². The third-order valence-electron chi connectivity index (χ3n) is 4.52. The summed E-state index contributed by atoms with van der Waals surface area (Å²) in [5.41, 5.74) is 3.53. The summed E-state index contributed by atoms with van der Waals surface area (Å²) in [4.78, 5) is 7.42. The second-order valence-electron chi connectivity index (χ2n) is 6.41. The van der Waals surface area contributed by atoms with E-state index in [2.05, 4.69) is 9.97 Å². The van der Waals surface area contributed by atoms with Crippen LogP contribution in [-0.4, -0.2) is 17.1 Å². The molecule has 2 aromatic heterocycles. The van der Waals surface area contributed by atoms with Crippen LogP contribution in [0.25, 0.3) is 11.0 Å². The van der Waals surface area contributed by atoms with E-state index in [1.807, 2.05) is 30.5 Å². The summed E-state index contributed by atoms with van der Waals surface area (Å²) in [6.07, 6.45) is 4.18. The van der Waals surface area contributed by atoms with Gasteiger partial charge in [-0.2, -0.15) is 0 Å². The first-order chi connectivity index (χ1) is 13.6. The molecule has 0 radical (unpaired) electrons. The van der Waals surface area contributed by atoms with Gasteiger partial charge in [0, 0.05) is 22.8 Å². The van der Waals surface area contributed by atoms with Gasteiger partial charge in [-0.25, -0.2) is 9.37 Å². The van der Waals surface area contributed by atoms with Crippen molar-refractivity contribution in [3.63, 3.8) is 0 Å². The third kappa shape index (κ3) is 3.80. The zero-order valence-electron chi connectivity index (χ0n) is 15.2. The summed E-state index contributed by atoms with van der Waals surface area (Å²) >= 11 is 5.89. The molecule has 0 amide bonds. The molecule has 0 aliphatic heterocycles. The Kier molecular flexibility index (Phi) is 5.17. The summed E-state index contributed by atoms with van der Waals surface area (Å²) < 4.78 is 25.8. The van der Waals surface area contributed by atoms with Crippen LogP contribution in [0.1, 0.15) is 16.7 Å². The Bertz CT molecular complexity index is 1110. The Morgan fingerprint density at radius 3 is 2.71 bits per heavy atom. The summed E-state index contributed by atoms with van der Waals surface area (Å²) in [5.74, 6) is 0.00463. The molecule has 0 saturated heterocycles. The largest absolute Gasteiger partial charge is 0.493 e. The third-order valence-corrected chi connectivity index (χ3v) is 4.77. The standard InChI is InChI=1S/C22H18ClFN2O2/c1-27-20-11-15(9-16-12-26-22-18(16)3-2-8-25-22)10-19(24)21(20)28-13-14-4-6-17(23)7-5-14/h2-8,10-12H,9,13H2,1H3,(H,25,26). The zero-order chi connectivity index (χ0) is 19.5. The second kappa shape index (κ2) is 7.90. The Morgan fingerprint density at radius 1 is 1.11 bits per heavy atom. The molecule has 0 aliphatic rings. The van der Waals surface area contributed by atoms with Crippen molar-refractivity contribution in [2.24, 2.45) is 0 Å². The number of ether oxygens (including phenoxy) is 2. The molecule has 4 nitrogen and oxygen atoms in total. The smallest absolute Gasteiger partial charge is 0.197 e. The number of rotatable bonds is 6. The predicted molar refractivity (Wildman–Crippen MR) is 108 cm³/mol. The Hall–Kier alpha value is -3.05. The molecule has 142 valence electrons. The number of methoxy groups -OCH3 is 1. The number of H-pyrrole nitrogens is 1. The van der Waals surface area contributed by atoms with Gasteiger partial charge in [0.2, 0.25) is 0 Å². The number of hydrogen-bond acceptors (Lipinski definition) is 3. The van der Waals surface area contributed by atoms with Crippen molar-refractivity contribution in [2.75, 3.05) is 7.11 Å². The van der Waals surface area contributed by atoms with E-state index in [0.717, 1.165) is 27.7 Å². The van der Waals surface area contributed by atoms with Gasteiger partial charge >= 0.3 is 0 Å². The van der Waals surface area contributed by atoms with Crippen molar-refractivity contribution in [3.8, 4) is 11.5 Å². The van der Waals surface area contributed by atoms with Gasteiger partial charge in [0.15, 0.2) is 17.3 Å². The van der Waals surface area contributed by atoms with E-state index >= 15 is 0 Å². The normalized spacial score (nSPS) is 11.0. The van der Waals surface area contributed by atoms with Crippen molar-refractivity contribution in [1.29, 1.82) is 0 Å². The minimum absolute atomic E-state index is 0.0989. The molecule has 4 rings (SSSR count). The Balaban J connectivity index is 1.57. The molecule has 6 heteroatoms. The van der Waals surface area contributed by atoms with Crippen LogP contribution >= 0.6 is 11.6 Å². The lowest BCUT2D eigenvalue weighted by Crippen LogP contribution is -2.01. The van der Waals surface area contributed by atoms with Gasteiger partial charge in [-0.05, 0) is 59.5 Å². The number of aromatic nitrogens is 2. The lowest BCUT2D eigenvalue weighted by Gasteiger charge is -2.13. The highest BCUT2D eigenvalue weighted by molar-refractivity contribution is 6.30. The molecule has 0 atom stereocenters. The molecule has 28 heavy (non-hydrogen) atoms. The molecule has 0 saturated carbocycles. The summed E-state index contributed by atoms with van der Waals surface area (Å²) in [7, 11) is 1.50. The topological polar surface area (TPSA) is 47.1 Å². The lowest BCUT2D eigenvalue weighted by molar-refractivity contribution is 0.269. The fraction of sp³-hybridized carbons (Fsp3) is 0.136. The highest BCUT2D eigenvalue weighted by Crippen LogP contribution is 2.33. The van der Waals surface area contributed by atoms with E-state index in [-0.39, 0.29) is 12.4 Å². The van der Waals surface area contributed by atoms with Crippen molar-refractivity contribution in [2.45, 2.75) is 13.0 Å². The van der Waals surface area contributed by atoms with E-state index in [9.17, 15) is 4.39 Å². The number of nitrogens with zero attached hydrogens (tertiary/aromatic N) is 1. The maximum absolute atomic E-state index is 14.8. The summed E-state index contributed by atoms with van der Waals surface area (Å²) in [6, 6.07) is 14.4. The number of benzene rings is 2. The first-order valence-corrected chi connectivity index (χ1v) is 9.16. The molecule has 2 aromatic carbocycles. The van der Waals surface area contributed by atoms with Gasteiger partial charge in [-0.1, -0.05) is 23.7 Å². The van der Waals surface area contributed by atoms with E-state index in [1.165, 1.54) is 13.2 Å². The van der Waals surface area contributed by atoms with E-state index < -0.39 is 5.82 Å². The molecule has 2 heterocycles. The van der Waals surface area contributed by atoms with Gasteiger partial charge in [0.05, 0.1) is 7.11 Å². The highest BCUT2D eigenvalue weighted by Gasteiger charge is 2.15. The van der Waals surface area contributed by atoms with Crippen molar-refractivity contribution in [1.82, 2.24) is 9.97 Å². The first kappa shape index (κ1) is 18.3. The van der Waals surface area contributed by atoms with Crippen LogP contribution in [0.4, 0.5) is 4.39 Å². The second-order valence-corrected chi connectivity index (χ2v) is 6.85. The highest BCUT2D eigenvalue weighted by atomic mass is 35.5. The van der Waals surface area contributed by atoms with E-state index in [0.29, 0.717) is 17.2 Å². The molecule has 1 N–H and O–H groups in total. The van der Waals surface area contributed by atoms with Gasteiger partial charge in [0.25, 0.3) is 0 Å². The van der Waals surface area contributed by atoms with Gasteiger partial charge < -0.3 is 14.5 Å². The van der Waals surface area contributed by atoms with E-state index in [1.54, 1.807) is 24.4 Å². The zero-order valence-corrected chi connectivity index (χ0v) is 16.0. The quantitative estimate of drug-likeness (QED) is 0.466. The minimum Gasteiger partial charge on any atom is -0.493 e. The number of nitrogens with one attached hydrogen (secondary N) is 1. The first-order valence-electron chi connectivity index (χ1n) is 8.78. The average molecular weight is 397 g/mol. The fourth-order valence-electron chi connectivity index (χ4n) is 3.13. The monoisotopic (exact) mass is 396 g/mol. The van der Waals surface area contributed by atoms with Crippen LogP contribution in [0.2, 0.25) is 5.02 Å². The van der Waals surface area contributed by atoms with Crippen molar-refractivity contribution < 1.29 is 13.9 Å². The number of pyridine rings is 1. The van der Waals surface area contributed by atoms with Crippen molar-refractivity contribution >= 4 is 22.6 Å². The molecule has 0 bridgehead atoms. The van der Waals surface area contributed by atoms with Crippen LogP contribution in [0, 0.1) is 5.82 Å². The lowest BCUT2D eigenvalue weighted by atomic mass is 10.0. The number of hydrogen-bond donors (Lipinski definition) is 1. The van der Waals surface area contributed by atoms with Gasteiger partial charge in [-0.3, -0.25) is 0 Å². The number of fused-ring (bicyclic) bond motifs is 1. The Labute approximate surface area is 166 Å². The SMILES string of the molecule is COc1cc(Cc2c[nH]c3ncccc23)cc(F)c1OCc1ccc(Cl)cc1. The summed E-state index contributed by atoms with van der Waals surface area (Å²) in [6.45, 7) is 0.220. The number of halogens is 2. The maximum atomic E-state index is 14.8. The molecular formula is C22H18ClFN2O2. The Morgan fingerprint density at radius 2 is 1.93 bits per heavy atom. The molecule has 0 aliphatic carbocycles. The minimum atomic E-state index is -0.457. The van der Waals surface area contributed by atoms with Gasteiger partial charge in [-0.15, -0.1) is 0 Å². The average Bonchev–Trinajstić information content (AvgIpc) is 3.11. The predicted octanol–water partition coefficient (Wildman–Crippen LogP) is 5.53. The molecular weight excluding hydrogens is 379 g/mol. The number of aromatic amines is 1. The maximum Gasteiger partial charge on any atom is 0.197 e. The van der Waals surface area contributed by atoms with Crippen LogP contribution < -0.4 is 9.47 Å². The molecule has 4 aromatic rings. The van der Waals surface area contributed by atoms with Crippen LogP contribution in [0.15, 0.2) is 60.9 Å². The van der Waals surface area contributed by atoms with Crippen LogP contribution in [0.3, 0.4) is 0 Å². The van der Waals surface area contributed by atoms with Crippen LogP contribution in [0.5, 0.6) is 11.5 Å². The molecule has 0 unspecified atom stereocenters. The van der Waals surface area contributed by atoms with E-state index in [4.69, 9.17) is 21.1 Å². The van der Waals surface area contributed by atoms with Crippen LogP contribution in [-0.2, 0) is 13.0 Å².